The Balaban J connectivity index is 0.00000144. The summed E-state index contributed by atoms with van der Waals surface area (Å²) in [5, 5.41) is 11.0. The third-order valence-electron chi connectivity index (χ3n) is 2.07. The van der Waals surface area contributed by atoms with E-state index in [-0.39, 0.29) is 35.3 Å². The number of carbonyl (C=O) groups is 1. The van der Waals surface area contributed by atoms with Crippen molar-refractivity contribution < 1.29 is 39.5 Å². The Bertz CT molecular complexity index is 531. The van der Waals surface area contributed by atoms with Crippen LogP contribution >= 0.6 is 11.6 Å². The Hall–Kier alpha value is -0.870. The number of nitrogens with zero attached hydrogens (tertiary/aromatic N) is 1. The SMILES string of the molecule is O=C([O-])c1cc(Cl)cc(-c2ccccc2)n1.[Na+]. The van der Waals surface area contributed by atoms with Gasteiger partial charge in [-0.1, -0.05) is 41.9 Å². The number of hydrogen-bond donors (Lipinski definition) is 0. The molecule has 0 unspecified atom stereocenters. The number of benzene rings is 1. The molecule has 17 heavy (non-hydrogen) atoms. The van der Waals surface area contributed by atoms with Gasteiger partial charge in [0.15, 0.2) is 0 Å². The molecular weight excluding hydrogens is 249 g/mol. The van der Waals surface area contributed by atoms with Gasteiger partial charge in [-0.25, -0.2) is 4.98 Å². The topological polar surface area (TPSA) is 53.0 Å². The number of carboxylic acid groups (broad SMARTS) is 1. The van der Waals surface area contributed by atoms with Crippen LogP contribution in [0.3, 0.4) is 0 Å². The molecule has 0 N–H and O–H groups in total. The van der Waals surface area contributed by atoms with Crippen LogP contribution in [0.1, 0.15) is 10.5 Å². The molecule has 1 aromatic heterocycles. The van der Waals surface area contributed by atoms with Crippen molar-refractivity contribution >= 4 is 17.6 Å². The largest absolute Gasteiger partial charge is 1.00 e. The minimum Gasteiger partial charge on any atom is -0.543 e. The van der Waals surface area contributed by atoms with Crippen LogP contribution < -0.4 is 34.7 Å². The zero-order valence-corrected chi connectivity index (χ0v) is 11.9. The van der Waals surface area contributed by atoms with E-state index < -0.39 is 5.97 Å². The monoisotopic (exact) mass is 255 g/mol. The van der Waals surface area contributed by atoms with Crippen LogP contribution in [0.25, 0.3) is 11.3 Å². The van der Waals surface area contributed by atoms with Gasteiger partial charge in [0.1, 0.15) is 0 Å². The van der Waals surface area contributed by atoms with E-state index in [0.29, 0.717) is 10.7 Å². The van der Waals surface area contributed by atoms with Gasteiger partial charge in [0.25, 0.3) is 0 Å². The van der Waals surface area contributed by atoms with E-state index >= 15 is 0 Å². The first-order chi connectivity index (χ1) is 7.66. The number of halogens is 1. The summed E-state index contributed by atoms with van der Waals surface area (Å²) < 4.78 is 0. The fraction of sp³-hybridized carbons (Fsp3) is 0. The number of rotatable bonds is 2. The second-order valence-electron chi connectivity index (χ2n) is 3.21. The molecule has 0 fully saturated rings. The van der Waals surface area contributed by atoms with E-state index in [1.54, 1.807) is 6.07 Å². The third kappa shape index (κ3) is 3.54. The Morgan fingerprint density at radius 1 is 1.18 bits per heavy atom. The number of pyridine rings is 1. The van der Waals surface area contributed by atoms with Crippen LogP contribution in [0.5, 0.6) is 0 Å². The fourth-order valence-corrected chi connectivity index (χ4v) is 1.57. The van der Waals surface area contributed by atoms with Gasteiger partial charge in [-0.2, -0.15) is 0 Å². The summed E-state index contributed by atoms with van der Waals surface area (Å²) in [6.07, 6.45) is 0. The van der Waals surface area contributed by atoms with Crippen molar-refractivity contribution in [1.82, 2.24) is 4.98 Å². The molecule has 2 aromatic rings. The Morgan fingerprint density at radius 3 is 2.41 bits per heavy atom. The first-order valence-electron chi connectivity index (χ1n) is 4.61. The van der Waals surface area contributed by atoms with Gasteiger partial charge in [0, 0.05) is 10.6 Å². The van der Waals surface area contributed by atoms with Gasteiger partial charge in [-0.15, -0.1) is 0 Å². The van der Waals surface area contributed by atoms with Gasteiger partial charge < -0.3 is 9.90 Å². The fourth-order valence-electron chi connectivity index (χ4n) is 1.36. The van der Waals surface area contributed by atoms with E-state index in [4.69, 9.17) is 11.6 Å². The van der Waals surface area contributed by atoms with Crippen molar-refractivity contribution in [2.24, 2.45) is 0 Å². The maximum Gasteiger partial charge on any atom is 1.00 e. The summed E-state index contributed by atoms with van der Waals surface area (Å²) >= 11 is 5.81. The first-order valence-corrected chi connectivity index (χ1v) is 4.99. The van der Waals surface area contributed by atoms with Crippen LogP contribution in [0.4, 0.5) is 0 Å². The average molecular weight is 256 g/mol. The summed E-state index contributed by atoms with van der Waals surface area (Å²) in [7, 11) is 0. The minimum absolute atomic E-state index is 0. The molecule has 80 valence electrons. The number of carboxylic acids is 1. The molecule has 0 aliphatic heterocycles. The van der Waals surface area contributed by atoms with Gasteiger partial charge in [-0.05, 0) is 12.1 Å². The van der Waals surface area contributed by atoms with Crippen molar-refractivity contribution in [2.45, 2.75) is 0 Å². The molecule has 0 radical (unpaired) electrons. The average Bonchev–Trinajstić information content (AvgIpc) is 2.29. The predicted octanol–water partition coefficient (Wildman–Crippen LogP) is -1.23. The molecule has 0 amide bonds. The zero-order valence-electron chi connectivity index (χ0n) is 9.18. The maximum absolute atomic E-state index is 10.7. The quantitative estimate of drug-likeness (QED) is 0.632. The molecule has 0 saturated heterocycles. The van der Waals surface area contributed by atoms with E-state index in [9.17, 15) is 9.90 Å². The summed E-state index contributed by atoms with van der Waals surface area (Å²) in [6.45, 7) is 0. The number of aromatic carboxylic acids is 1. The Labute approximate surface area is 126 Å². The molecule has 5 heteroatoms. The minimum atomic E-state index is -1.33. The van der Waals surface area contributed by atoms with Gasteiger partial charge in [-0.3, -0.25) is 0 Å². The van der Waals surface area contributed by atoms with Gasteiger partial charge in [0.2, 0.25) is 0 Å². The number of carbonyl (C=O) groups excluding carboxylic acids is 1. The van der Waals surface area contributed by atoms with E-state index in [0.717, 1.165) is 5.56 Å². The van der Waals surface area contributed by atoms with Crippen molar-refractivity contribution in [3.63, 3.8) is 0 Å². The maximum atomic E-state index is 10.7. The van der Waals surface area contributed by atoms with Crippen LogP contribution in [-0.2, 0) is 0 Å². The standard InChI is InChI=1S/C12H8ClNO2.Na/c13-9-6-10(8-4-2-1-3-5-8)14-11(7-9)12(15)16;/h1-7H,(H,15,16);/q;+1/p-1. The normalized spacial score (nSPS) is 9.47. The molecule has 3 nitrogen and oxygen atoms in total. The van der Waals surface area contributed by atoms with E-state index in [2.05, 4.69) is 4.98 Å². The van der Waals surface area contributed by atoms with Crippen LogP contribution in [0.15, 0.2) is 42.5 Å². The van der Waals surface area contributed by atoms with E-state index in [1.807, 2.05) is 30.3 Å². The molecule has 1 aromatic carbocycles. The predicted molar refractivity (Wildman–Crippen MR) is 59.0 cm³/mol. The van der Waals surface area contributed by atoms with Gasteiger partial charge in [0.05, 0.1) is 17.4 Å². The molecule has 0 atom stereocenters. The third-order valence-corrected chi connectivity index (χ3v) is 2.29. The molecule has 0 aliphatic rings. The molecule has 0 saturated carbocycles. The van der Waals surface area contributed by atoms with Crippen molar-refractivity contribution in [3.05, 3.63) is 53.2 Å². The smallest absolute Gasteiger partial charge is 0.543 e. The molecule has 0 bridgehead atoms. The van der Waals surface area contributed by atoms with Crippen molar-refractivity contribution in [2.75, 3.05) is 0 Å². The summed E-state index contributed by atoms with van der Waals surface area (Å²) in [5.41, 5.74) is 1.17. The second-order valence-corrected chi connectivity index (χ2v) is 3.65. The van der Waals surface area contributed by atoms with E-state index in [1.165, 1.54) is 6.07 Å². The molecular formula is C12H7ClNNaO2. The second kappa shape index (κ2) is 6.17. The number of aromatic nitrogens is 1. The van der Waals surface area contributed by atoms with Crippen molar-refractivity contribution in [3.8, 4) is 11.3 Å². The molecule has 2 rings (SSSR count). The zero-order chi connectivity index (χ0) is 11.5. The van der Waals surface area contributed by atoms with Crippen molar-refractivity contribution in [1.29, 1.82) is 0 Å². The van der Waals surface area contributed by atoms with Crippen LogP contribution in [0.2, 0.25) is 5.02 Å². The summed E-state index contributed by atoms with van der Waals surface area (Å²) in [6, 6.07) is 12.1. The molecule has 1 heterocycles. The summed E-state index contributed by atoms with van der Waals surface area (Å²) in [4.78, 5) is 14.7. The Kier molecular flexibility index (Phi) is 5.15. The van der Waals surface area contributed by atoms with Crippen LogP contribution in [-0.4, -0.2) is 11.0 Å². The van der Waals surface area contributed by atoms with Gasteiger partial charge >= 0.3 is 29.6 Å². The first kappa shape index (κ1) is 14.2. The Morgan fingerprint density at radius 2 is 1.82 bits per heavy atom. The summed E-state index contributed by atoms with van der Waals surface area (Å²) in [5.74, 6) is -1.33. The molecule has 0 aliphatic carbocycles. The number of hydrogen-bond acceptors (Lipinski definition) is 3. The van der Waals surface area contributed by atoms with Crippen LogP contribution in [0, 0.1) is 0 Å². The molecule has 0 spiro atoms.